The van der Waals surface area contributed by atoms with Crippen LogP contribution in [-0.2, 0) is 4.74 Å². The van der Waals surface area contributed by atoms with E-state index in [2.05, 4.69) is 19.2 Å². The highest BCUT2D eigenvalue weighted by Crippen LogP contribution is 2.11. The van der Waals surface area contributed by atoms with Gasteiger partial charge in [-0.1, -0.05) is 20.3 Å². The molecule has 0 radical (unpaired) electrons. The van der Waals surface area contributed by atoms with Crippen molar-refractivity contribution in [3.05, 3.63) is 0 Å². The van der Waals surface area contributed by atoms with Gasteiger partial charge in [0, 0.05) is 12.6 Å². The number of hydrogen-bond acceptors (Lipinski definition) is 3. The highest BCUT2D eigenvalue weighted by atomic mass is 16.6. The Bertz CT molecular complexity index is 212. The molecule has 2 unspecified atom stereocenters. The van der Waals surface area contributed by atoms with Gasteiger partial charge in [-0.15, -0.1) is 0 Å². The molecule has 4 nitrogen and oxygen atoms in total. The monoisotopic (exact) mass is 230 g/mol. The molecule has 0 aliphatic rings. The van der Waals surface area contributed by atoms with Gasteiger partial charge in [-0.05, 0) is 33.1 Å². The first-order valence-corrected chi connectivity index (χ1v) is 5.99. The number of nitrogens with one attached hydrogen (secondary N) is 1. The van der Waals surface area contributed by atoms with Gasteiger partial charge in [-0.3, -0.25) is 0 Å². The highest BCUT2D eigenvalue weighted by molar-refractivity contribution is 5.68. The van der Waals surface area contributed by atoms with Crippen LogP contribution in [0.1, 0.15) is 47.5 Å². The zero-order valence-electron chi connectivity index (χ0n) is 11.2. The van der Waals surface area contributed by atoms with Crippen molar-refractivity contribution in [1.29, 1.82) is 0 Å². The SMILES string of the molecule is CCCC(C)C(CN)NC(=O)OC(C)(C)C. The van der Waals surface area contributed by atoms with Crippen molar-refractivity contribution in [2.45, 2.75) is 59.1 Å². The van der Waals surface area contributed by atoms with Gasteiger partial charge in [0.25, 0.3) is 0 Å². The second kappa shape index (κ2) is 6.74. The predicted octanol–water partition coefficient (Wildman–Crippen LogP) is 2.27. The molecule has 0 aromatic carbocycles. The Morgan fingerprint density at radius 3 is 2.38 bits per heavy atom. The first-order valence-electron chi connectivity index (χ1n) is 5.99. The van der Waals surface area contributed by atoms with Crippen LogP contribution in [0, 0.1) is 5.92 Å². The predicted molar refractivity (Wildman–Crippen MR) is 66.3 cm³/mol. The minimum Gasteiger partial charge on any atom is -0.444 e. The van der Waals surface area contributed by atoms with Crippen molar-refractivity contribution in [1.82, 2.24) is 5.32 Å². The van der Waals surface area contributed by atoms with Gasteiger partial charge in [0.1, 0.15) is 5.60 Å². The minimum atomic E-state index is -0.461. The molecule has 96 valence electrons. The molecule has 0 fully saturated rings. The number of alkyl carbamates (subject to hydrolysis) is 1. The van der Waals surface area contributed by atoms with Crippen LogP contribution >= 0.6 is 0 Å². The molecule has 3 N–H and O–H groups in total. The molecule has 2 atom stereocenters. The summed E-state index contributed by atoms with van der Waals surface area (Å²) in [6, 6.07) is -0.00481. The molecule has 0 heterocycles. The second-order valence-electron chi connectivity index (χ2n) is 5.25. The third kappa shape index (κ3) is 6.67. The summed E-state index contributed by atoms with van der Waals surface area (Å²) in [5.74, 6) is 0.377. The molecule has 0 bridgehead atoms. The van der Waals surface area contributed by atoms with Crippen LogP contribution in [0.4, 0.5) is 4.79 Å². The van der Waals surface area contributed by atoms with Gasteiger partial charge in [0.05, 0.1) is 0 Å². The Labute approximate surface area is 98.9 Å². The third-order valence-electron chi connectivity index (χ3n) is 2.39. The number of carbonyl (C=O) groups is 1. The molecule has 0 aromatic rings. The molecule has 0 rings (SSSR count). The summed E-state index contributed by atoms with van der Waals surface area (Å²) < 4.78 is 5.19. The Balaban J connectivity index is 4.16. The van der Waals surface area contributed by atoms with Crippen LogP contribution in [-0.4, -0.2) is 24.3 Å². The van der Waals surface area contributed by atoms with Crippen LogP contribution < -0.4 is 11.1 Å². The lowest BCUT2D eigenvalue weighted by Gasteiger charge is -2.26. The smallest absolute Gasteiger partial charge is 0.407 e. The van der Waals surface area contributed by atoms with Crippen LogP contribution in [0.3, 0.4) is 0 Å². The summed E-state index contributed by atoms with van der Waals surface area (Å²) in [5, 5.41) is 2.82. The number of amides is 1. The zero-order chi connectivity index (χ0) is 12.8. The average molecular weight is 230 g/mol. The van der Waals surface area contributed by atoms with Crippen molar-refractivity contribution in [2.75, 3.05) is 6.54 Å². The van der Waals surface area contributed by atoms with E-state index in [1.807, 2.05) is 20.8 Å². The van der Waals surface area contributed by atoms with Crippen molar-refractivity contribution in [2.24, 2.45) is 11.7 Å². The first kappa shape index (κ1) is 15.2. The summed E-state index contributed by atoms with van der Waals surface area (Å²) in [6.45, 7) is 10.2. The fourth-order valence-electron chi connectivity index (χ4n) is 1.55. The van der Waals surface area contributed by atoms with Crippen molar-refractivity contribution in [3.63, 3.8) is 0 Å². The Kier molecular flexibility index (Phi) is 6.41. The minimum absolute atomic E-state index is 0.00481. The van der Waals surface area contributed by atoms with E-state index in [9.17, 15) is 4.79 Å². The summed E-state index contributed by atoms with van der Waals surface area (Å²) in [5.41, 5.74) is 5.18. The first-order chi connectivity index (χ1) is 7.30. The molecule has 4 heteroatoms. The summed E-state index contributed by atoms with van der Waals surface area (Å²) in [7, 11) is 0. The normalized spacial score (nSPS) is 15.4. The van der Waals surface area contributed by atoms with E-state index < -0.39 is 5.60 Å². The molecule has 0 spiro atoms. The number of rotatable bonds is 5. The highest BCUT2D eigenvalue weighted by Gasteiger charge is 2.21. The molecular formula is C12H26N2O2. The maximum atomic E-state index is 11.5. The van der Waals surface area contributed by atoms with Crippen LogP contribution in [0.25, 0.3) is 0 Å². The quantitative estimate of drug-likeness (QED) is 0.761. The van der Waals surface area contributed by atoms with Gasteiger partial charge >= 0.3 is 6.09 Å². The lowest BCUT2D eigenvalue weighted by Crippen LogP contribution is -2.46. The zero-order valence-corrected chi connectivity index (χ0v) is 11.2. The lowest BCUT2D eigenvalue weighted by atomic mass is 9.97. The Morgan fingerprint density at radius 2 is 2.00 bits per heavy atom. The molecule has 0 aliphatic heterocycles. The number of hydrogen-bond donors (Lipinski definition) is 2. The van der Waals surface area contributed by atoms with E-state index >= 15 is 0 Å². The molecule has 0 saturated heterocycles. The van der Waals surface area contributed by atoms with E-state index in [0.717, 1.165) is 12.8 Å². The maximum absolute atomic E-state index is 11.5. The van der Waals surface area contributed by atoms with E-state index in [0.29, 0.717) is 12.5 Å². The number of carbonyl (C=O) groups excluding carboxylic acids is 1. The fraction of sp³-hybridized carbons (Fsp3) is 0.917. The van der Waals surface area contributed by atoms with Crippen molar-refractivity contribution < 1.29 is 9.53 Å². The van der Waals surface area contributed by atoms with Gasteiger partial charge in [-0.2, -0.15) is 0 Å². The van der Waals surface area contributed by atoms with E-state index in [-0.39, 0.29) is 12.1 Å². The van der Waals surface area contributed by atoms with Gasteiger partial charge < -0.3 is 15.8 Å². The van der Waals surface area contributed by atoms with Crippen molar-refractivity contribution >= 4 is 6.09 Å². The van der Waals surface area contributed by atoms with E-state index in [1.54, 1.807) is 0 Å². The third-order valence-corrected chi connectivity index (χ3v) is 2.39. The fourth-order valence-corrected chi connectivity index (χ4v) is 1.55. The average Bonchev–Trinajstić information content (AvgIpc) is 2.11. The summed E-state index contributed by atoms with van der Waals surface area (Å²) in [4.78, 5) is 11.5. The lowest BCUT2D eigenvalue weighted by molar-refractivity contribution is 0.0489. The van der Waals surface area contributed by atoms with Gasteiger partial charge in [-0.25, -0.2) is 4.79 Å². The topological polar surface area (TPSA) is 64.3 Å². The van der Waals surface area contributed by atoms with E-state index in [1.165, 1.54) is 0 Å². The largest absolute Gasteiger partial charge is 0.444 e. The summed E-state index contributed by atoms with van der Waals surface area (Å²) >= 11 is 0. The standard InChI is InChI=1S/C12H26N2O2/c1-6-7-9(2)10(8-13)14-11(15)16-12(3,4)5/h9-10H,6-8,13H2,1-5H3,(H,14,15). The Hall–Kier alpha value is -0.770. The molecular weight excluding hydrogens is 204 g/mol. The summed E-state index contributed by atoms with van der Waals surface area (Å²) in [6.07, 6.45) is 1.76. The van der Waals surface area contributed by atoms with E-state index in [4.69, 9.17) is 10.5 Å². The Morgan fingerprint density at radius 1 is 1.44 bits per heavy atom. The van der Waals surface area contributed by atoms with Crippen LogP contribution in [0.5, 0.6) is 0 Å². The van der Waals surface area contributed by atoms with Gasteiger partial charge in [0.15, 0.2) is 0 Å². The van der Waals surface area contributed by atoms with Crippen LogP contribution in [0.2, 0.25) is 0 Å². The molecule has 1 amide bonds. The number of ether oxygens (including phenoxy) is 1. The second-order valence-corrected chi connectivity index (χ2v) is 5.25. The molecule has 0 aromatic heterocycles. The van der Waals surface area contributed by atoms with Crippen molar-refractivity contribution in [3.8, 4) is 0 Å². The maximum Gasteiger partial charge on any atom is 0.407 e. The molecule has 0 aliphatic carbocycles. The van der Waals surface area contributed by atoms with Gasteiger partial charge in [0.2, 0.25) is 0 Å². The van der Waals surface area contributed by atoms with Crippen LogP contribution in [0.15, 0.2) is 0 Å². The molecule has 0 saturated carbocycles. The molecule has 16 heavy (non-hydrogen) atoms. The number of nitrogens with two attached hydrogens (primary N) is 1.